The van der Waals surface area contributed by atoms with Gasteiger partial charge in [-0.2, -0.15) is 0 Å². The quantitative estimate of drug-likeness (QED) is 0.324. The second-order valence-corrected chi connectivity index (χ2v) is 9.11. The zero-order valence-corrected chi connectivity index (χ0v) is 19.6. The molecule has 0 saturated heterocycles. The lowest BCUT2D eigenvalue weighted by atomic mass is 9.76. The molecule has 0 heterocycles. The van der Waals surface area contributed by atoms with E-state index < -0.39 is 11.6 Å². The van der Waals surface area contributed by atoms with Gasteiger partial charge in [0.25, 0.3) is 0 Å². The molecule has 1 aliphatic rings. The monoisotopic (exact) mass is 464 g/mol. The summed E-state index contributed by atoms with van der Waals surface area (Å²) in [5.41, 5.74) is 3.32. The van der Waals surface area contributed by atoms with Gasteiger partial charge in [0.15, 0.2) is 23.2 Å². The van der Waals surface area contributed by atoms with Crippen molar-refractivity contribution in [2.45, 2.75) is 51.4 Å². The van der Waals surface area contributed by atoms with E-state index in [0.29, 0.717) is 29.4 Å². The molecule has 0 amide bonds. The van der Waals surface area contributed by atoms with Gasteiger partial charge < -0.3 is 4.74 Å². The van der Waals surface area contributed by atoms with E-state index in [4.69, 9.17) is 4.74 Å². The van der Waals surface area contributed by atoms with Crippen LogP contribution in [-0.4, -0.2) is 6.61 Å². The predicted molar refractivity (Wildman–Crippen MR) is 132 cm³/mol. The van der Waals surface area contributed by atoms with Gasteiger partial charge in [-0.25, -0.2) is 13.2 Å². The van der Waals surface area contributed by atoms with Gasteiger partial charge >= 0.3 is 0 Å². The van der Waals surface area contributed by atoms with E-state index in [2.05, 4.69) is 6.58 Å². The minimum absolute atomic E-state index is 0.0332. The van der Waals surface area contributed by atoms with Crippen LogP contribution in [0, 0.1) is 23.4 Å². The van der Waals surface area contributed by atoms with Crippen molar-refractivity contribution in [2.75, 3.05) is 6.61 Å². The van der Waals surface area contributed by atoms with Crippen LogP contribution in [0.15, 0.2) is 61.2 Å². The topological polar surface area (TPSA) is 9.23 Å². The van der Waals surface area contributed by atoms with Crippen LogP contribution >= 0.6 is 0 Å². The molecule has 0 N–H and O–H groups in total. The van der Waals surface area contributed by atoms with Crippen molar-refractivity contribution >= 4 is 6.08 Å². The lowest BCUT2D eigenvalue weighted by Crippen LogP contribution is -2.15. The van der Waals surface area contributed by atoms with Gasteiger partial charge in [-0.15, -0.1) is 0 Å². The fourth-order valence-corrected chi connectivity index (χ4v) is 5.01. The number of hydrogen-bond acceptors (Lipinski definition) is 1. The Kier molecular flexibility index (Phi) is 7.77. The van der Waals surface area contributed by atoms with Crippen LogP contribution < -0.4 is 4.74 Å². The molecule has 3 aromatic rings. The Morgan fingerprint density at radius 1 is 0.912 bits per heavy atom. The van der Waals surface area contributed by atoms with Crippen molar-refractivity contribution in [1.29, 1.82) is 0 Å². The molecule has 4 heteroatoms. The molecule has 0 spiro atoms. The summed E-state index contributed by atoms with van der Waals surface area (Å²) in [6.45, 7) is 5.99. The van der Waals surface area contributed by atoms with Crippen LogP contribution in [0.2, 0.25) is 0 Å². The van der Waals surface area contributed by atoms with Crippen molar-refractivity contribution < 1.29 is 17.9 Å². The number of aryl methyl sites for hydroxylation is 1. The maximum absolute atomic E-state index is 15.0. The Bertz CT molecular complexity index is 1130. The first-order valence-electron chi connectivity index (χ1n) is 12.1. The first-order chi connectivity index (χ1) is 16.5. The Balaban J connectivity index is 1.36. The first kappa shape index (κ1) is 24.1. The summed E-state index contributed by atoms with van der Waals surface area (Å²) in [6.07, 6.45) is 7.11. The molecule has 34 heavy (non-hydrogen) atoms. The molecule has 0 aliphatic heterocycles. The molecule has 0 radical (unpaired) electrons. The normalized spacial score (nSPS) is 18.0. The minimum Gasteiger partial charge on any atom is -0.491 e. The van der Waals surface area contributed by atoms with Crippen LogP contribution in [0.3, 0.4) is 0 Å². The molecule has 178 valence electrons. The van der Waals surface area contributed by atoms with Gasteiger partial charge in [0.05, 0.1) is 6.61 Å². The molecule has 1 nitrogen and oxygen atoms in total. The second-order valence-electron chi connectivity index (χ2n) is 9.11. The van der Waals surface area contributed by atoms with E-state index >= 15 is 4.39 Å². The molecule has 3 aromatic carbocycles. The molecule has 0 aromatic heterocycles. The summed E-state index contributed by atoms with van der Waals surface area (Å²) in [4.78, 5) is 0. The maximum Gasteiger partial charge on any atom is 0.166 e. The molecule has 1 saturated carbocycles. The van der Waals surface area contributed by atoms with E-state index in [1.807, 2.05) is 25.1 Å². The van der Waals surface area contributed by atoms with Gasteiger partial charge in [0.1, 0.15) is 0 Å². The van der Waals surface area contributed by atoms with Gasteiger partial charge in [-0.1, -0.05) is 55.1 Å². The molecule has 1 aliphatic carbocycles. The van der Waals surface area contributed by atoms with Crippen molar-refractivity contribution in [1.82, 2.24) is 0 Å². The molecule has 1 fully saturated rings. The van der Waals surface area contributed by atoms with E-state index in [0.717, 1.165) is 49.7 Å². The average molecular weight is 465 g/mol. The summed E-state index contributed by atoms with van der Waals surface area (Å²) < 4.78 is 49.3. The number of hydrogen-bond donors (Lipinski definition) is 0. The summed E-state index contributed by atoms with van der Waals surface area (Å²) >= 11 is 0. The number of ether oxygens (including phenoxy) is 1. The molecule has 0 unspecified atom stereocenters. The highest BCUT2D eigenvalue weighted by atomic mass is 19.2. The summed E-state index contributed by atoms with van der Waals surface area (Å²) in [7, 11) is 0. The fourth-order valence-electron chi connectivity index (χ4n) is 5.01. The molecule has 0 atom stereocenters. The summed E-state index contributed by atoms with van der Waals surface area (Å²) in [6, 6.07) is 15.9. The largest absolute Gasteiger partial charge is 0.491 e. The Labute approximate surface area is 200 Å². The summed E-state index contributed by atoms with van der Waals surface area (Å²) in [5.74, 6) is -0.976. The molecule has 0 bridgehead atoms. The van der Waals surface area contributed by atoms with E-state index in [1.54, 1.807) is 42.5 Å². The average Bonchev–Trinajstić information content (AvgIpc) is 2.86. The SMILES string of the molecule is C=Cc1ccc(-c2ccc(C3CCC(CCc4ccc(OCC)c(F)c4)CC3)c(F)c2F)cc1. The molecular weight excluding hydrogens is 433 g/mol. The first-order valence-corrected chi connectivity index (χ1v) is 12.1. The van der Waals surface area contributed by atoms with Gasteiger partial charge in [-0.3, -0.25) is 0 Å². The van der Waals surface area contributed by atoms with Crippen LogP contribution in [-0.2, 0) is 6.42 Å². The number of benzene rings is 3. The van der Waals surface area contributed by atoms with Crippen LogP contribution in [0.5, 0.6) is 5.75 Å². The lowest BCUT2D eigenvalue weighted by Gasteiger charge is -2.29. The Morgan fingerprint density at radius 2 is 1.65 bits per heavy atom. The van der Waals surface area contributed by atoms with Crippen LogP contribution in [0.4, 0.5) is 13.2 Å². The predicted octanol–water partition coefficient (Wildman–Crippen LogP) is 8.72. The van der Waals surface area contributed by atoms with E-state index in [1.165, 1.54) is 0 Å². The lowest BCUT2D eigenvalue weighted by molar-refractivity contribution is 0.304. The van der Waals surface area contributed by atoms with Crippen molar-refractivity contribution in [3.05, 3.63) is 95.3 Å². The highest BCUT2D eigenvalue weighted by molar-refractivity contribution is 5.66. The Morgan fingerprint density at radius 3 is 2.29 bits per heavy atom. The third-order valence-corrected chi connectivity index (χ3v) is 6.99. The minimum atomic E-state index is -0.775. The van der Waals surface area contributed by atoms with Crippen molar-refractivity contribution in [3.63, 3.8) is 0 Å². The van der Waals surface area contributed by atoms with Crippen molar-refractivity contribution in [3.8, 4) is 16.9 Å². The van der Waals surface area contributed by atoms with Crippen molar-refractivity contribution in [2.24, 2.45) is 5.92 Å². The zero-order valence-electron chi connectivity index (χ0n) is 19.6. The van der Waals surface area contributed by atoms with Gasteiger partial charge in [0, 0.05) is 5.56 Å². The maximum atomic E-state index is 15.0. The van der Waals surface area contributed by atoms with Gasteiger partial charge in [-0.05, 0) is 91.7 Å². The zero-order chi connectivity index (χ0) is 24.1. The third kappa shape index (κ3) is 5.38. The highest BCUT2D eigenvalue weighted by Gasteiger charge is 2.26. The smallest absolute Gasteiger partial charge is 0.166 e. The summed E-state index contributed by atoms with van der Waals surface area (Å²) in [5, 5.41) is 0. The highest BCUT2D eigenvalue weighted by Crippen LogP contribution is 2.40. The fraction of sp³-hybridized carbons (Fsp3) is 0.333. The van der Waals surface area contributed by atoms with E-state index in [9.17, 15) is 8.78 Å². The number of rotatable bonds is 8. The van der Waals surface area contributed by atoms with E-state index in [-0.39, 0.29) is 17.3 Å². The van der Waals surface area contributed by atoms with Gasteiger partial charge in [0.2, 0.25) is 0 Å². The van der Waals surface area contributed by atoms with Crippen LogP contribution in [0.1, 0.15) is 61.6 Å². The third-order valence-electron chi connectivity index (χ3n) is 6.99. The Hall–Kier alpha value is -3.01. The standard InChI is InChI=1S/C30H31F3O/c1-3-20-7-12-23(13-8-20)25-16-17-26(30(33)29(25)32)24-14-9-21(10-15-24)5-6-22-11-18-28(34-4-2)27(31)19-22/h3,7-8,11-13,16-19,21,24H,1,4-6,9-10,14-15H2,2H3. The number of halogens is 3. The molecular formula is C30H31F3O. The second kappa shape index (κ2) is 10.9. The van der Waals surface area contributed by atoms with Crippen LogP contribution in [0.25, 0.3) is 17.2 Å². The molecule has 4 rings (SSSR count).